The van der Waals surface area contributed by atoms with E-state index in [1.165, 1.54) is 11.1 Å². The van der Waals surface area contributed by atoms with Gasteiger partial charge in [-0.1, -0.05) is 36.8 Å². The summed E-state index contributed by atoms with van der Waals surface area (Å²) in [6, 6.07) is 9.34. The van der Waals surface area contributed by atoms with Crippen LogP contribution in [0.1, 0.15) is 31.4 Å². The lowest BCUT2D eigenvalue weighted by molar-refractivity contribution is 0.215. The normalized spacial score (nSPS) is 15.1. The molecule has 2 N–H and O–H groups in total. The van der Waals surface area contributed by atoms with Crippen molar-refractivity contribution in [3.05, 3.63) is 35.4 Å². The van der Waals surface area contributed by atoms with Gasteiger partial charge in [-0.25, -0.2) is 0 Å². The maximum atomic E-state index is 6.06. The molecule has 0 spiro atoms. The molecule has 0 aliphatic rings. The molecule has 90 valence electrons. The second kappa shape index (κ2) is 6.02. The van der Waals surface area contributed by atoms with Gasteiger partial charge in [0.05, 0.1) is 0 Å². The van der Waals surface area contributed by atoms with Crippen LogP contribution in [-0.2, 0) is 6.54 Å². The first-order chi connectivity index (χ1) is 7.54. The fraction of sp³-hybridized carbons (Fsp3) is 0.571. The SMILES string of the molecule is CCC(N)C(C)N(C)Cc1cccc(C)c1. The summed E-state index contributed by atoms with van der Waals surface area (Å²) in [6.07, 6.45) is 1.03. The molecule has 2 nitrogen and oxygen atoms in total. The monoisotopic (exact) mass is 220 g/mol. The maximum Gasteiger partial charge on any atom is 0.0234 e. The van der Waals surface area contributed by atoms with E-state index in [1.807, 2.05) is 0 Å². The Morgan fingerprint density at radius 3 is 2.62 bits per heavy atom. The molecule has 1 aromatic rings. The molecular formula is C14H24N2. The molecule has 0 radical (unpaired) electrons. The number of benzene rings is 1. The van der Waals surface area contributed by atoms with Gasteiger partial charge < -0.3 is 5.73 Å². The third-order valence-corrected chi connectivity index (χ3v) is 3.30. The Hall–Kier alpha value is -0.860. The van der Waals surface area contributed by atoms with Gasteiger partial charge in [0.2, 0.25) is 0 Å². The summed E-state index contributed by atoms with van der Waals surface area (Å²) >= 11 is 0. The van der Waals surface area contributed by atoms with Gasteiger partial charge in [0.25, 0.3) is 0 Å². The van der Waals surface area contributed by atoms with Crippen molar-refractivity contribution in [2.45, 2.75) is 45.8 Å². The van der Waals surface area contributed by atoms with Crippen LogP contribution in [0, 0.1) is 6.92 Å². The van der Waals surface area contributed by atoms with Crippen LogP contribution in [0.2, 0.25) is 0 Å². The molecule has 0 amide bonds. The van der Waals surface area contributed by atoms with Gasteiger partial charge in [-0.3, -0.25) is 4.90 Å². The number of nitrogens with two attached hydrogens (primary N) is 1. The summed E-state index contributed by atoms with van der Waals surface area (Å²) < 4.78 is 0. The van der Waals surface area contributed by atoms with Crippen LogP contribution in [0.4, 0.5) is 0 Å². The zero-order valence-electron chi connectivity index (χ0n) is 10.9. The number of hydrogen-bond acceptors (Lipinski definition) is 2. The van der Waals surface area contributed by atoms with Crippen molar-refractivity contribution in [3.63, 3.8) is 0 Å². The van der Waals surface area contributed by atoms with Crippen molar-refractivity contribution in [1.29, 1.82) is 0 Å². The molecule has 0 aliphatic heterocycles. The predicted octanol–water partition coefficient (Wildman–Crippen LogP) is 2.55. The fourth-order valence-corrected chi connectivity index (χ4v) is 1.91. The molecule has 0 saturated heterocycles. The third kappa shape index (κ3) is 3.62. The predicted molar refractivity (Wildman–Crippen MR) is 70.4 cm³/mol. The number of aryl methyl sites for hydroxylation is 1. The minimum Gasteiger partial charge on any atom is -0.326 e. The minimum atomic E-state index is 0.259. The lowest BCUT2D eigenvalue weighted by atomic mass is 10.1. The van der Waals surface area contributed by atoms with Gasteiger partial charge >= 0.3 is 0 Å². The summed E-state index contributed by atoms with van der Waals surface area (Å²) in [6.45, 7) is 7.44. The first kappa shape index (κ1) is 13.2. The van der Waals surface area contributed by atoms with E-state index in [-0.39, 0.29) is 6.04 Å². The molecule has 2 heteroatoms. The van der Waals surface area contributed by atoms with Crippen LogP contribution in [0.5, 0.6) is 0 Å². The summed E-state index contributed by atoms with van der Waals surface area (Å²) in [7, 11) is 2.14. The van der Waals surface area contributed by atoms with Crippen LogP contribution in [0.15, 0.2) is 24.3 Å². The summed E-state index contributed by atoms with van der Waals surface area (Å²) in [5.74, 6) is 0. The average Bonchev–Trinajstić information content (AvgIpc) is 2.27. The van der Waals surface area contributed by atoms with E-state index in [4.69, 9.17) is 5.73 Å². The lowest BCUT2D eigenvalue weighted by Gasteiger charge is -2.29. The molecule has 0 saturated carbocycles. The topological polar surface area (TPSA) is 29.3 Å². The highest BCUT2D eigenvalue weighted by molar-refractivity contribution is 5.22. The molecule has 0 heterocycles. The van der Waals surface area contributed by atoms with E-state index in [2.05, 4.69) is 57.0 Å². The first-order valence-corrected chi connectivity index (χ1v) is 6.06. The van der Waals surface area contributed by atoms with Crippen LogP contribution < -0.4 is 5.73 Å². The van der Waals surface area contributed by atoms with Crippen molar-refractivity contribution in [3.8, 4) is 0 Å². The lowest BCUT2D eigenvalue weighted by Crippen LogP contribution is -2.43. The Kier molecular flexibility index (Phi) is 4.97. The molecule has 16 heavy (non-hydrogen) atoms. The zero-order chi connectivity index (χ0) is 12.1. The largest absolute Gasteiger partial charge is 0.326 e. The van der Waals surface area contributed by atoms with E-state index in [1.54, 1.807) is 0 Å². The zero-order valence-corrected chi connectivity index (χ0v) is 10.9. The van der Waals surface area contributed by atoms with Gasteiger partial charge in [0.1, 0.15) is 0 Å². The molecule has 1 rings (SSSR count). The van der Waals surface area contributed by atoms with E-state index in [0.29, 0.717) is 6.04 Å². The molecule has 0 aromatic heterocycles. The van der Waals surface area contributed by atoms with Gasteiger partial charge in [0.15, 0.2) is 0 Å². The van der Waals surface area contributed by atoms with Crippen molar-refractivity contribution in [1.82, 2.24) is 4.90 Å². The number of hydrogen-bond donors (Lipinski definition) is 1. The Morgan fingerprint density at radius 2 is 2.06 bits per heavy atom. The van der Waals surface area contributed by atoms with Crippen LogP contribution in [0.25, 0.3) is 0 Å². The highest BCUT2D eigenvalue weighted by Crippen LogP contribution is 2.10. The average molecular weight is 220 g/mol. The van der Waals surface area contributed by atoms with Crippen LogP contribution in [0.3, 0.4) is 0 Å². The van der Waals surface area contributed by atoms with Gasteiger partial charge in [-0.2, -0.15) is 0 Å². The molecule has 0 aliphatic carbocycles. The summed E-state index contributed by atoms with van der Waals surface area (Å²) in [5, 5.41) is 0. The van der Waals surface area contributed by atoms with E-state index < -0.39 is 0 Å². The smallest absolute Gasteiger partial charge is 0.0234 e. The molecular weight excluding hydrogens is 196 g/mol. The van der Waals surface area contributed by atoms with Crippen molar-refractivity contribution in [2.75, 3.05) is 7.05 Å². The van der Waals surface area contributed by atoms with Crippen LogP contribution >= 0.6 is 0 Å². The first-order valence-electron chi connectivity index (χ1n) is 6.06. The number of nitrogens with zero attached hydrogens (tertiary/aromatic N) is 1. The minimum absolute atomic E-state index is 0.259. The van der Waals surface area contributed by atoms with Crippen molar-refractivity contribution < 1.29 is 0 Å². The third-order valence-electron chi connectivity index (χ3n) is 3.30. The Morgan fingerprint density at radius 1 is 1.38 bits per heavy atom. The highest BCUT2D eigenvalue weighted by atomic mass is 15.1. The van der Waals surface area contributed by atoms with Gasteiger partial charge in [0, 0.05) is 18.6 Å². The molecule has 1 aromatic carbocycles. The summed E-state index contributed by atoms with van der Waals surface area (Å²) in [5.41, 5.74) is 8.74. The quantitative estimate of drug-likeness (QED) is 0.826. The van der Waals surface area contributed by atoms with E-state index in [0.717, 1.165) is 13.0 Å². The van der Waals surface area contributed by atoms with E-state index >= 15 is 0 Å². The van der Waals surface area contributed by atoms with E-state index in [9.17, 15) is 0 Å². The summed E-state index contributed by atoms with van der Waals surface area (Å²) in [4.78, 5) is 2.32. The molecule has 2 atom stereocenters. The second-order valence-corrected chi connectivity index (χ2v) is 4.72. The Balaban J connectivity index is 2.60. The number of rotatable bonds is 5. The molecule has 0 bridgehead atoms. The van der Waals surface area contributed by atoms with Crippen molar-refractivity contribution in [2.24, 2.45) is 5.73 Å². The van der Waals surface area contributed by atoms with Crippen LogP contribution in [-0.4, -0.2) is 24.0 Å². The van der Waals surface area contributed by atoms with Crippen molar-refractivity contribution >= 4 is 0 Å². The molecule has 0 fully saturated rings. The van der Waals surface area contributed by atoms with Gasteiger partial charge in [-0.05, 0) is 32.9 Å². The molecule has 2 unspecified atom stereocenters. The Labute approximate surface area is 99.5 Å². The Bertz CT molecular complexity index is 322. The standard InChI is InChI=1S/C14H24N2/c1-5-14(15)12(3)16(4)10-13-8-6-7-11(2)9-13/h6-9,12,14H,5,10,15H2,1-4H3. The second-order valence-electron chi connectivity index (χ2n) is 4.72. The van der Waals surface area contributed by atoms with Gasteiger partial charge in [-0.15, -0.1) is 0 Å². The highest BCUT2D eigenvalue weighted by Gasteiger charge is 2.15. The number of likely N-dealkylation sites (N-methyl/N-ethyl adjacent to an activating group) is 1. The fourth-order valence-electron chi connectivity index (χ4n) is 1.91. The maximum absolute atomic E-state index is 6.06.